The summed E-state index contributed by atoms with van der Waals surface area (Å²) < 4.78 is 5.41. The molecule has 1 saturated heterocycles. The zero-order chi connectivity index (χ0) is 13.0. The number of hydrogen-bond donors (Lipinski definition) is 2. The lowest BCUT2D eigenvalue weighted by molar-refractivity contribution is 0.0386. The van der Waals surface area contributed by atoms with Gasteiger partial charge in [-0.1, -0.05) is 19.1 Å². The van der Waals surface area contributed by atoms with Crippen molar-refractivity contribution in [3.63, 3.8) is 0 Å². The predicted molar refractivity (Wildman–Crippen MR) is 70.2 cm³/mol. The second-order valence-electron chi connectivity index (χ2n) is 4.89. The number of primary amides is 1. The highest BCUT2D eigenvalue weighted by molar-refractivity contribution is 5.92. The van der Waals surface area contributed by atoms with Gasteiger partial charge >= 0.3 is 0 Å². The van der Waals surface area contributed by atoms with Crippen LogP contribution in [0.5, 0.6) is 0 Å². The Bertz CT molecular complexity index is 420. The number of benzene rings is 1. The van der Waals surface area contributed by atoms with Crippen molar-refractivity contribution in [2.45, 2.75) is 25.9 Å². The number of carbonyl (C=O) groups is 1. The van der Waals surface area contributed by atoms with Gasteiger partial charge in [0.15, 0.2) is 0 Å². The second kappa shape index (κ2) is 5.98. The zero-order valence-corrected chi connectivity index (χ0v) is 10.7. The highest BCUT2D eigenvalue weighted by atomic mass is 16.5. The summed E-state index contributed by atoms with van der Waals surface area (Å²) in [6.07, 6.45) is 1.04. The first-order valence-electron chi connectivity index (χ1n) is 6.36. The highest BCUT2D eigenvalue weighted by Crippen LogP contribution is 2.14. The van der Waals surface area contributed by atoms with Crippen LogP contribution in [-0.4, -0.2) is 25.2 Å². The van der Waals surface area contributed by atoms with Crippen LogP contribution in [0, 0.1) is 5.92 Å². The SMILES string of the molecule is CC1COCCC1NCc1cccc(C(N)=O)c1. The molecule has 1 aliphatic rings. The van der Waals surface area contributed by atoms with Crippen LogP contribution in [0.15, 0.2) is 24.3 Å². The molecular formula is C14H20N2O2. The molecule has 0 radical (unpaired) electrons. The summed E-state index contributed by atoms with van der Waals surface area (Å²) in [5.74, 6) is 0.148. The molecule has 1 heterocycles. The number of carbonyl (C=O) groups excluding carboxylic acids is 1. The minimum Gasteiger partial charge on any atom is -0.381 e. The van der Waals surface area contributed by atoms with E-state index in [1.54, 1.807) is 6.07 Å². The van der Waals surface area contributed by atoms with E-state index >= 15 is 0 Å². The average Bonchev–Trinajstić information content (AvgIpc) is 2.38. The van der Waals surface area contributed by atoms with Crippen molar-refractivity contribution in [2.75, 3.05) is 13.2 Å². The Balaban J connectivity index is 1.93. The normalized spacial score (nSPS) is 23.8. The van der Waals surface area contributed by atoms with Gasteiger partial charge in [0.25, 0.3) is 0 Å². The second-order valence-corrected chi connectivity index (χ2v) is 4.89. The largest absolute Gasteiger partial charge is 0.381 e. The van der Waals surface area contributed by atoms with Crippen LogP contribution in [-0.2, 0) is 11.3 Å². The van der Waals surface area contributed by atoms with Crippen LogP contribution >= 0.6 is 0 Å². The summed E-state index contributed by atoms with van der Waals surface area (Å²) in [5, 5.41) is 3.52. The molecule has 0 saturated carbocycles. The van der Waals surface area contributed by atoms with Gasteiger partial charge in [0.1, 0.15) is 0 Å². The summed E-state index contributed by atoms with van der Waals surface area (Å²) in [4.78, 5) is 11.1. The Labute approximate surface area is 108 Å². The standard InChI is InChI=1S/C14H20N2O2/c1-10-9-18-6-5-13(10)16-8-11-3-2-4-12(7-11)14(15)17/h2-4,7,10,13,16H,5-6,8-9H2,1H3,(H2,15,17). The topological polar surface area (TPSA) is 64.3 Å². The first-order chi connectivity index (χ1) is 8.66. The van der Waals surface area contributed by atoms with Gasteiger partial charge in [0.05, 0.1) is 6.61 Å². The molecule has 0 aliphatic carbocycles. The molecule has 18 heavy (non-hydrogen) atoms. The molecule has 2 unspecified atom stereocenters. The third-order valence-electron chi connectivity index (χ3n) is 3.42. The Morgan fingerprint density at radius 2 is 2.39 bits per heavy atom. The molecule has 2 rings (SSSR count). The lowest BCUT2D eigenvalue weighted by Crippen LogP contribution is -2.41. The summed E-state index contributed by atoms with van der Waals surface area (Å²) in [6, 6.07) is 7.94. The fourth-order valence-corrected chi connectivity index (χ4v) is 2.27. The zero-order valence-electron chi connectivity index (χ0n) is 10.7. The van der Waals surface area contributed by atoms with Crippen LogP contribution in [0.25, 0.3) is 0 Å². The van der Waals surface area contributed by atoms with Gasteiger partial charge in [0, 0.05) is 24.8 Å². The maximum atomic E-state index is 11.1. The maximum absolute atomic E-state index is 11.1. The molecule has 1 aromatic carbocycles. The molecule has 1 fully saturated rings. The van der Waals surface area contributed by atoms with Gasteiger partial charge in [-0.25, -0.2) is 0 Å². The molecule has 4 heteroatoms. The molecule has 0 bridgehead atoms. The average molecular weight is 248 g/mol. The van der Waals surface area contributed by atoms with Crippen molar-refractivity contribution in [3.8, 4) is 0 Å². The lowest BCUT2D eigenvalue weighted by Gasteiger charge is -2.29. The first kappa shape index (κ1) is 13.1. The first-order valence-corrected chi connectivity index (χ1v) is 6.36. The molecule has 4 nitrogen and oxygen atoms in total. The van der Waals surface area contributed by atoms with Crippen LogP contribution in [0.2, 0.25) is 0 Å². The monoisotopic (exact) mass is 248 g/mol. The van der Waals surface area contributed by atoms with E-state index in [0.717, 1.165) is 31.7 Å². The number of amides is 1. The van der Waals surface area contributed by atoms with Crippen molar-refractivity contribution < 1.29 is 9.53 Å². The third kappa shape index (κ3) is 3.31. The molecule has 0 spiro atoms. The fourth-order valence-electron chi connectivity index (χ4n) is 2.27. The molecule has 98 valence electrons. The van der Waals surface area contributed by atoms with E-state index in [2.05, 4.69) is 12.2 Å². The minimum atomic E-state index is -0.378. The van der Waals surface area contributed by atoms with Crippen LogP contribution in [0.4, 0.5) is 0 Å². The number of nitrogens with two attached hydrogens (primary N) is 1. The summed E-state index contributed by atoms with van der Waals surface area (Å²) in [6.45, 7) is 4.59. The van der Waals surface area contributed by atoms with Crippen molar-refractivity contribution in [3.05, 3.63) is 35.4 Å². The van der Waals surface area contributed by atoms with Crippen LogP contribution < -0.4 is 11.1 Å². The van der Waals surface area contributed by atoms with E-state index in [4.69, 9.17) is 10.5 Å². The van der Waals surface area contributed by atoms with E-state index in [1.165, 1.54) is 0 Å². The smallest absolute Gasteiger partial charge is 0.248 e. The van der Waals surface area contributed by atoms with Crippen LogP contribution in [0.3, 0.4) is 0 Å². The van der Waals surface area contributed by atoms with Gasteiger partial charge in [-0.3, -0.25) is 4.79 Å². The van der Waals surface area contributed by atoms with Gasteiger partial charge < -0.3 is 15.8 Å². The molecule has 3 N–H and O–H groups in total. The van der Waals surface area contributed by atoms with Gasteiger partial charge in [-0.15, -0.1) is 0 Å². The van der Waals surface area contributed by atoms with Gasteiger partial charge in [0.2, 0.25) is 5.91 Å². The maximum Gasteiger partial charge on any atom is 0.248 e. The van der Waals surface area contributed by atoms with E-state index in [0.29, 0.717) is 17.5 Å². The fraction of sp³-hybridized carbons (Fsp3) is 0.500. The Hall–Kier alpha value is -1.39. The summed E-state index contributed by atoms with van der Waals surface area (Å²) in [5.41, 5.74) is 6.92. The van der Waals surface area contributed by atoms with Gasteiger partial charge in [-0.2, -0.15) is 0 Å². The number of rotatable bonds is 4. The molecule has 1 amide bonds. The highest BCUT2D eigenvalue weighted by Gasteiger charge is 2.20. The van der Waals surface area contributed by atoms with E-state index in [1.807, 2.05) is 18.2 Å². The van der Waals surface area contributed by atoms with Crippen molar-refractivity contribution >= 4 is 5.91 Å². The number of hydrogen-bond acceptors (Lipinski definition) is 3. The quantitative estimate of drug-likeness (QED) is 0.844. The van der Waals surface area contributed by atoms with E-state index < -0.39 is 0 Å². The van der Waals surface area contributed by atoms with E-state index in [-0.39, 0.29) is 5.91 Å². The Kier molecular flexibility index (Phi) is 4.33. The van der Waals surface area contributed by atoms with Gasteiger partial charge in [-0.05, 0) is 30.0 Å². The lowest BCUT2D eigenvalue weighted by atomic mass is 9.97. The predicted octanol–water partition coefficient (Wildman–Crippen LogP) is 1.30. The summed E-state index contributed by atoms with van der Waals surface area (Å²) >= 11 is 0. The van der Waals surface area contributed by atoms with E-state index in [9.17, 15) is 4.79 Å². The van der Waals surface area contributed by atoms with Crippen LogP contribution in [0.1, 0.15) is 29.3 Å². The van der Waals surface area contributed by atoms with Crippen molar-refractivity contribution in [1.29, 1.82) is 0 Å². The molecule has 1 aliphatic heterocycles. The minimum absolute atomic E-state index is 0.378. The number of nitrogens with one attached hydrogen (secondary N) is 1. The molecular weight excluding hydrogens is 228 g/mol. The molecule has 0 aromatic heterocycles. The van der Waals surface area contributed by atoms with Crippen molar-refractivity contribution in [2.24, 2.45) is 11.7 Å². The number of ether oxygens (including phenoxy) is 1. The van der Waals surface area contributed by atoms with Crippen molar-refractivity contribution in [1.82, 2.24) is 5.32 Å². The molecule has 1 aromatic rings. The third-order valence-corrected chi connectivity index (χ3v) is 3.42. The molecule has 2 atom stereocenters. The Morgan fingerprint density at radius 1 is 1.56 bits per heavy atom. The Morgan fingerprint density at radius 3 is 3.11 bits per heavy atom. The summed E-state index contributed by atoms with van der Waals surface area (Å²) in [7, 11) is 0.